The highest BCUT2D eigenvalue weighted by Crippen LogP contribution is 2.42. The molecule has 0 bridgehead atoms. The zero-order chi connectivity index (χ0) is 18.1. The highest BCUT2D eigenvalue weighted by Gasteiger charge is 2.19. The molecule has 0 aliphatic rings. The number of nitro groups is 1. The van der Waals surface area contributed by atoms with Crippen molar-refractivity contribution in [3.05, 3.63) is 58.3 Å². The van der Waals surface area contributed by atoms with Gasteiger partial charge < -0.3 is 9.30 Å². The third-order valence-electron chi connectivity index (χ3n) is 3.94. The van der Waals surface area contributed by atoms with E-state index < -0.39 is 0 Å². The van der Waals surface area contributed by atoms with Gasteiger partial charge in [-0.15, -0.1) is 0 Å². The van der Waals surface area contributed by atoms with Gasteiger partial charge in [0.1, 0.15) is 5.75 Å². The molecule has 1 aromatic heterocycles. The van der Waals surface area contributed by atoms with Crippen LogP contribution in [0.25, 0.3) is 10.9 Å². The van der Waals surface area contributed by atoms with E-state index in [-0.39, 0.29) is 16.6 Å². The van der Waals surface area contributed by atoms with E-state index in [4.69, 9.17) is 4.74 Å². The van der Waals surface area contributed by atoms with Gasteiger partial charge in [0.2, 0.25) is 0 Å². The molecule has 3 rings (SSSR count). The number of carbonyl (C=O) groups excluding carboxylic acids is 1. The summed E-state index contributed by atoms with van der Waals surface area (Å²) >= 11 is 1.34. The molecule has 0 fully saturated rings. The Hall–Kier alpha value is -2.80. The van der Waals surface area contributed by atoms with Crippen molar-refractivity contribution < 1.29 is 14.5 Å². The van der Waals surface area contributed by atoms with Crippen LogP contribution in [0.4, 0.5) is 5.69 Å². The molecule has 0 radical (unpaired) electrons. The lowest BCUT2D eigenvalue weighted by Gasteiger charge is -2.04. The highest BCUT2D eigenvalue weighted by atomic mass is 32.2. The first kappa shape index (κ1) is 17.0. The van der Waals surface area contributed by atoms with Crippen molar-refractivity contribution in [2.75, 3.05) is 0 Å². The summed E-state index contributed by atoms with van der Waals surface area (Å²) in [6.45, 7) is 3.31. The number of ether oxygens (including phenoxy) is 1. The number of carbonyl (C=O) groups is 1. The largest absolute Gasteiger partial charge is 0.427 e. The third-order valence-corrected chi connectivity index (χ3v) is 5.23. The van der Waals surface area contributed by atoms with Gasteiger partial charge in [0, 0.05) is 41.5 Å². The number of hydrogen-bond acceptors (Lipinski definition) is 5. The Kier molecular flexibility index (Phi) is 4.50. The van der Waals surface area contributed by atoms with Crippen molar-refractivity contribution in [2.24, 2.45) is 7.05 Å². The van der Waals surface area contributed by atoms with Crippen LogP contribution in [0.1, 0.15) is 12.6 Å². The van der Waals surface area contributed by atoms with E-state index in [0.29, 0.717) is 10.6 Å². The molecule has 2 aromatic carbocycles. The highest BCUT2D eigenvalue weighted by molar-refractivity contribution is 7.99. The van der Waals surface area contributed by atoms with E-state index in [2.05, 4.69) is 0 Å². The molecule has 0 N–H and O–H groups in total. The smallest absolute Gasteiger partial charge is 0.308 e. The number of aryl methyl sites for hydroxylation is 1. The number of rotatable bonds is 4. The Morgan fingerprint density at radius 2 is 1.96 bits per heavy atom. The lowest BCUT2D eigenvalue weighted by Crippen LogP contribution is -2.00. The Morgan fingerprint density at radius 3 is 2.64 bits per heavy atom. The fourth-order valence-corrected chi connectivity index (χ4v) is 3.85. The van der Waals surface area contributed by atoms with E-state index in [1.165, 1.54) is 24.8 Å². The topological polar surface area (TPSA) is 74.4 Å². The Labute approximate surface area is 148 Å². The first-order valence-electron chi connectivity index (χ1n) is 7.57. The zero-order valence-electron chi connectivity index (χ0n) is 14.0. The monoisotopic (exact) mass is 356 g/mol. The van der Waals surface area contributed by atoms with Crippen LogP contribution in [-0.4, -0.2) is 15.5 Å². The molecule has 0 atom stereocenters. The number of para-hydroxylation sites is 1. The van der Waals surface area contributed by atoms with E-state index in [1.807, 2.05) is 24.6 Å². The summed E-state index contributed by atoms with van der Waals surface area (Å²) in [5.74, 6) is 0.0647. The summed E-state index contributed by atoms with van der Waals surface area (Å²) in [5.41, 5.74) is 2.02. The molecule has 25 heavy (non-hydrogen) atoms. The molecular formula is C18H16N2O4S. The van der Waals surface area contributed by atoms with E-state index in [1.54, 1.807) is 30.3 Å². The molecule has 6 nitrogen and oxygen atoms in total. The molecular weight excluding hydrogens is 340 g/mol. The summed E-state index contributed by atoms with van der Waals surface area (Å²) < 4.78 is 7.19. The maximum atomic E-state index is 11.3. The molecule has 1 heterocycles. The standard InChI is InChI=1S/C18H16N2O4S/c1-11-18(25-17-7-5-4-6-16(17)20(22)23)14-10-13(24-12(2)21)8-9-15(14)19(11)3/h4-10H,1-3H3. The van der Waals surface area contributed by atoms with Crippen molar-refractivity contribution in [1.29, 1.82) is 0 Å². The number of benzene rings is 2. The Bertz CT molecular complexity index is 994. The number of nitro benzene ring substituents is 1. The lowest BCUT2D eigenvalue weighted by molar-refractivity contribution is -0.387. The average molecular weight is 356 g/mol. The summed E-state index contributed by atoms with van der Waals surface area (Å²) in [5, 5.41) is 12.2. The lowest BCUT2D eigenvalue weighted by atomic mass is 10.2. The molecule has 7 heteroatoms. The molecule has 0 saturated heterocycles. The molecule has 0 aliphatic heterocycles. The fraction of sp³-hybridized carbons (Fsp3) is 0.167. The van der Waals surface area contributed by atoms with Gasteiger partial charge in [0.05, 0.1) is 9.82 Å². The molecule has 0 aliphatic carbocycles. The molecule has 0 spiro atoms. The van der Waals surface area contributed by atoms with Crippen LogP contribution in [0.2, 0.25) is 0 Å². The number of hydrogen-bond donors (Lipinski definition) is 0. The van der Waals surface area contributed by atoms with Crippen molar-refractivity contribution in [3.63, 3.8) is 0 Å². The van der Waals surface area contributed by atoms with Crippen LogP contribution in [0.3, 0.4) is 0 Å². The second-order valence-corrected chi connectivity index (χ2v) is 6.63. The maximum absolute atomic E-state index is 11.3. The second kappa shape index (κ2) is 6.60. The predicted octanol–water partition coefficient (Wildman–Crippen LogP) is 4.47. The quantitative estimate of drug-likeness (QED) is 0.298. The first-order valence-corrected chi connectivity index (χ1v) is 8.39. The third kappa shape index (κ3) is 3.23. The van der Waals surface area contributed by atoms with Crippen molar-refractivity contribution >= 4 is 34.3 Å². The van der Waals surface area contributed by atoms with Crippen LogP contribution in [0.5, 0.6) is 5.75 Å². The fourth-order valence-electron chi connectivity index (χ4n) is 2.68. The molecule has 0 saturated carbocycles. The molecule has 128 valence electrons. The number of aromatic nitrogens is 1. The van der Waals surface area contributed by atoms with Gasteiger partial charge in [-0.1, -0.05) is 23.9 Å². The van der Waals surface area contributed by atoms with E-state index >= 15 is 0 Å². The minimum absolute atomic E-state index is 0.0695. The molecule has 0 amide bonds. The van der Waals surface area contributed by atoms with Crippen molar-refractivity contribution in [1.82, 2.24) is 4.57 Å². The van der Waals surface area contributed by atoms with Crippen LogP contribution in [0.15, 0.2) is 52.3 Å². The van der Waals surface area contributed by atoms with Crippen molar-refractivity contribution in [3.8, 4) is 5.75 Å². The predicted molar refractivity (Wildman–Crippen MR) is 96.2 cm³/mol. The van der Waals surface area contributed by atoms with Gasteiger partial charge in [-0.05, 0) is 31.2 Å². The minimum Gasteiger partial charge on any atom is -0.427 e. The Morgan fingerprint density at radius 1 is 1.24 bits per heavy atom. The Balaban J connectivity index is 2.14. The second-order valence-electron chi connectivity index (χ2n) is 5.57. The van der Waals surface area contributed by atoms with E-state index in [9.17, 15) is 14.9 Å². The van der Waals surface area contributed by atoms with Crippen LogP contribution < -0.4 is 4.74 Å². The van der Waals surface area contributed by atoms with E-state index in [0.717, 1.165) is 21.5 Å². The van der Waals surface area contributed by atoms with Crippen LogP contribution in [0, 0.1) is 17.0 Å². The summed E-state index contributed by atoms with van der Waals surface area (Å²) in [4.78, 5) is 23.6. The molecule has 3 aromatic rings. The van der Waals surface area contributed by atoms with Gasteiger partial charge in [0.25, 0.3) is 5.69 Å². The molecule has 0 unspecified atom stereocenters. The first-order chi connectivity index (χ1) is 11.9. The number of fused-ring (bicyclic) bond motifs is 1. The van der Waals surface area contributed by atoms with Gasteiger partial charge in [-0.2, -0.15) is 0 Å². The summed E-state index contributed by atoms with van der Waals surface area (Å²) in [6.07, 6.45) is 0. The normalized spacial score (nSPS) is 10.8. The maximum Gasteiger partial charge on any atom is 0.308 e. The minimum atomic E-state index is -0.389. The van der Waals surface area contributed by atoms with Crippen molar-refractivity contribution in [2.45, 2.75) is 23.6 Å². The summed E-state index contributed by atoms with van der Waals surface area (Å²) in [7, 11) is 1.94. The van der Waals surface area contributed by atoms with Gasteiger partial charge in [0.15, 0.2) is 0 Å². The van der Waals surface area contributed by atoms with Crippen LogP contribution >= 0.6 is 11.8 Å². The summed E-state index contributed by atoms with van der Waals surface area (Å²) in [6, 6.07) is 12.1. The number of nitrogens with zero attached hydrogens (tertiary/aromatic N) is 2. The van der Waals surface area contributed by atoms with Gasteiger partial charge in [-0.3, -0.25) is 14.9 Å². The SMILES string of the molecule is CC(=O)Oc1ccc2c(c1)c(Sc1ccccc1[N+](=O)[O-])c(C)n2C. The van der Waals surface area contributed by atoms with Crippen LogP contribution in [-0.2, 0) is 11.8 Å². The number of esters is 1. The zero-order valence-corrected chi connectivity index (χ0v) is 14.8. The van der Waals surface area contributed by atoms with Gasteiger partial charge >= 0.3 is 5.97 Å². The van der Waals surface area contributed by atoms with Gasteiger partial charge in [-0.25, -0.2) is 0 Å². The average Bonchev–Trinajstić information content (AvgIpc) is 2.79.